The van der Waals surface area contributed by atoms with Crippen molar-refractivity contribution in [3.8, 4) is 0 Å². The normalized spacial score (nSPS) is 11.1. The third-order valence-electron chi connectivity index (χ3n) is 5.92. The van der Waals surface area contributed by atoms with Gasteiger partial charge in [-0.25, -0.2) is 4.79 Å². The molecule has 2 heterocycles. The number of aromatic nitrogens is 2. The number of hydrogen-bond donors (Lipinski definition) is 1. The lowest BCUT2D eigenvalue weighted by atomic mass is 10.1. The summed E-state index contributed by atoms with van der Waals surface area (Å²) < 4.78 is 3.64. The summed E-state index contributed by atoms with van der Waals surface area (Å²) in [7, 11) is 0. The van der Waals surface area contributed by atoms with Crippen LogP contribution in [0.5, 0.6) is 0 Å². The molecule has 34 heavy (non-hydrogen) atoms. The first-order chi connectivity index (χ1) is 16.5. The van der Waals surface area contributed by atoms with E-state index in [4.69, 9.17) is 0 Å². The Morgan fingerprint density at radius 1 is 0.882 bits per heavy atom. The van der Waals surface area contributed by atoms with Crippen molar-refractivity contribution in [1.29, 1.82) is 0 Å². The van der Waals surface area contributed by atoms with Gasteiger partial charge in [0, 0.05) is 19.5 Å². The Balaban J connectivity index is 1.36. The van der Waals surface area contributed by atoms with Crippen molar-refractivity contribution in [3.05, 3.63) is 104 Å². The van der Waals surface area contributed by atoms with Crippen LogP contribution in [0.15, 0.2) is 75.6 Å². The number of carbonyl (C=O) groups is 1. The number of benzene rings is 2. The first kappa shape index (κ1) is 23.7. The minimum Gasteiger partial charge on any atom is -0.352 e. The highest BCUT2D eigenvalue weighted by Gasteiger charge is 2.14. The Hall–Kier alpha value is -3.45. The fourth-order valence-corrected chi connectivity index (χ4v) is 4.82. The summed E-state index contributed by atoms with van der Waals surface area (Å²) in [5.41, 5.74) is 3.43. The van der Waals surface area contributed by atoms with E-state index < -0.39 is 0 Å². The molecule has 2 aromatic heterocycles. The lowest BCUT2D eigenvalue weighted by Crippen LogP contribution is -2.39. The van der Waals surface area contributed by atoms with Gasteiger partial charge in [-0.05, 0) is 42.3 Å². The molecule has 1 N–H and O–H groups in total. The van der Waals surface area contributed by atoms with Crippen LogP contribution < -0.4 is 16.6 Å². The third-order valence-corrected chi connectivity index (χ3v) is 6.81. The summed E-state index contributed by atoms with van der Waals surface area (Å²) in [5.74, 6) is 0.0153. The molecule has 0 aliphatic carbocycles. The maximum absolute atomic E-state index is 13.2. The van der Waals surface area contributed by atoms with Crippen LogP contribution in [-0.2, 0) is 24.4 Å². The molecule has 0 atom stereocenters. The molecule has 0 aliphatic heterocycles. The number of rotatable bonds is 10. The summed E-state index contributed by atoms with van der Waals surface area (Å²) in [4.78, 5) is 38.3. The summed E-state index contributed by atoms with van der Waals surface area (Å²) in [6.07, 6.45) is 2.59. The molecule has 0 aliphatic rings. The van der Waals surface area contributed by atoms with Gasteiger partial charge in [-0.3, -0.25) is 18.7 Å². The molecule has 4 rings (SSSR count). The summed E-state index contributed by atoms with van der Waals surface area (Å²) in [5, 5.41) is 4.79. The summed E-state index contributed by atoms with van der Waals surface area (Å²) in [6, 6.07) is 19.7. The van der Waals surface area contributed by atoms with E-state index in [0.29, 0.717) is 49.1 Å². The first-order valence-electron chi connectivity index (χ1n) is 11.6. The van der Waals surface area contributed by atoms with Crippen LogP contribution in [-0.4, -0.2) is 15.0 Å². The predicted octanol–water partition coefficient (Wildman–Crippen LogP) is 4.46. The second-order valence-corrected chi connectivity index (χ2v) is 9.44. The number of fused-ring (bicyclic) bond motifs is 1. The monoisotopic (exact) mass is 475 g/mol. The summed E-state index contributed by atoms with van der Waals surface area (Å²) >= 11 is 1.37. The highest BCUT2D eigenvalue weighted by molar-refractivity contribution is 7.17. The maximum Gasteiger partial charge on any atom is 0.331 e. The standard InChI is InChI=1S/C27H29N3O3S/c1-20-11-13-22(14-12-20)19-30-23-15-17-34-25(23)26(32)29(27(30)33)16-7-3-6-10-24(31)28-18-21-8-4-2-5-9-21/h2,4-5,8-9,11-15,17H,3,6-7,10,16,18-19H2,1H3,(H,28,31). The predicted molar refractivity (Wildman–Crippen MR) is 137 cm³/mol. The minimum absolute atomic E-state index is 0.0153. The van der Waals surface area contributed by atoms with Gasteiger partial charge in [0.05, 0.1) is 12.1 Å². The van der Waals surface area contributed by atoms with Gasteiger partial charge in [0.1, 0.15) is 4.70 Å². The van der Waals surface area contributed by atoms with Crippen molar-refractivity contribution in [2.24, 2.45) is 0 Å². The quantitative estimate of drug-likeness (QED) is 0.344. The lowest BCUT2D eigenvalue weighted by molar-refractivity contribution is -0.121. The smallest absolute Gasteiger partial charge is 0.331 e. The topological polar surface area (TPSA) is 73.1 Å². The van der Waals surface area contributed by atoms with Gasteiger partial charge in [0.15, 0.2) is 0 Å². The molecule has 176 valence electrons. The van der Waals surface area contributed by atoms with Crippen LogP contribution in [0.2, 0.25) is 0 Å². The molecule has 7 heteroatoms. The molecule has 0 radical (unpaired) electrons. The van der Waals surface area contributed by atoms with Crippen molar-refractivity contribution in [2.45, 2.75) is 52.2 Å². The van der Waals surface area contributed by atoms with Crippen molar-refractivity contribution in [2.75, 3.05) is 0 Å². The Morgan fingerprint density at radius 2 is 1.65 bits per heavy atom. The van der Waals surface area contributed by atoms with Gasteiger partial charge >= 0.3 is 5.69 Å². The van der Waals surface area contributed by atoms with Gasteiger partial charge in [-0.2, -0.15) is 0 Å². The zero-order valence-corrected chi connectivity index (χ0v) is 20.1. The molecule has 0 spiro atoms. The van der Waals surface area contributed by atoms with Crippen molar-refractivity contribution < 1.29 is 4.79 Å². The number of unbranched alkanes of at least 4 members (excludes halogenated alkanes) is 2. The molecule has 6 nitrogen and oxygen atoms in total. The van der Waals surface area contributed by atoms with Crippen molar-refractivity contribution in [3.63, 3.8) is 0 Å². The Bertz CT molecular complexity index is 1370. The Kier molecular flexibility index (Phi) is 7.75. The van der Waals surface area contributed by atoms with E-state index in [-0.39, 0.29) is 17.2 Å². The van der Waals surface area contributed by atoms with E-state index in [0.717, 1.165) is 23.1 Å². The molecule has 0 saturated heterocycles. The van der Waals surface area contributed by atoms with Crippen molar-refractivity contribution >= 4 is 27.5 Å². The number of amides is 1. The molecule has 0 unspecified atom stereocenters. The van der Waals surface area contributed by atoms with Crippen molar-refractivity contribution in [1.82, 2.24) is 14.5 Å². The number of aryl methyl sites for hydroxylation is 1. The number of thiophene rings is 1. The highest BCUT2D eigenvalue weighted by atomic mass is 32.1. The zero-order valence-electron chi connectivity index (χ0n) is 19.3. The molecule has 2 aromatic carbocycles. The number of nitrogens with zero attached hydrogens (tertiary/aromatic N) is 2. The van der Waals surface area contributed by atoms with E-state index in [2.05, 4.69) is 5.32 Å². The van der Waals surface area contributed by atoms with E-state index in [1.807, 2.05) is 73.0 Å². The zero-order chi connectivity index (χ0) is 23.9. The average molecular weight is 476 g/mol. The Labute approximate surface area is 202 Å². The van der Waals surface area contributed by atoms with Gasteiger partial charge in [-0.15, -0.1) is 11.3 Å². The largest absolute Gasteiger partial charge is 0.352 e. The minimum atomic E-state index is -0.280. The molecule has 0 fully saturated rings. The van der Waals surface area contributed by atoms with E-state index in [9.17, 15) is 14.4 Å². The average Bonchev–Trinajstić information content (AvgIpc) is 3.34. The van der Waals surface area contributed by atoms with E-state index in [1.54, 1.807) is 4.57 Å². The van der Waals surface area contributed by atoms with Crippen LogP contribution in [0.1, 0.15) is 42.4 Å². The SMILES string of the molecule is Cc1ccc(Cn2c(=O)n(CCCCCC(=O)NCc3ccccc3)c(=O)c3sccc32)cc1. The second-order valence-electron chi connectivity index (χ2n) is 8.52. The number of carbonyl (C=O) groups excluding carboxylic acids is 1. The van der Waals surface area contributed by atoms with Gasteiger partial charge in [0.2, 0.25) is 5.91 Å². The molecule has 0 saturated carbocycles. The number of hydrogen-bond acceptors (Lipinski definition) is 4. The van der Waals surface area contributed by atoms with E-state index >= 15 is 0 Å². The van der Waals surface area contributed by atoms with Crippen LogP contribution in [0.25, 0.3) is 10.2 Å². The molecular formula is C27H29N3O3S. The maximum atomic E-state index is 13.2. The lowest BCUT2D eigenvalue weighted by Gasteiger charge is -2.12. The van der Waals surface area contributed by atoms with Crippen LogP contribution in [0.3, 0.4) is 0 Å². The van der Waals surface area contributed by atoms with Crippen LogP contribution in [0, 0.1) is 6.92 Å². The van der Waals surface area contributed by atoms with Crippen LogP contribution in [0.4, 0.5) is 0 Å². The highest BCUT2D eigenvalue weighted by Crippen LogP contribution is 2.17. The van der Waals surface area contributed by atoms with Gasteiger partial charge in [0.25, 0.3) is 5.56 Å². The Morgan fingerprint density at radius 3 is 2.41 bits per heavy atom. The first-order valence-corrected chi connectivity index (χ1v) is 12.5. The van der Waals surface area contributed by atoms with Crippen LogP contribution >= 0.6 is 11.3 Å². The third kappa shape index (κ3) is 5.72. The second kappa shape index (κ2) is 11.1. The molecule has 1 amide bonds. The van der Waals surface area contributed by atoms with E-state index in [1.165, 1.54) is 15.9 Å². The fourth-order valence-electron chi connectivity index (χ4n) is 3.98. The number of nitrogens with one attached hydrogen (secondary N) is 1. The molecule has 0 bridgehead atoms. The van der Waals surface area contributed by atoms with Gasteiger partial charge < -0.3 is 5.32 Å². The summed E-state index contributed by atoms with van der Waals surface area (Å²) in [6.45, 7) is 3.33. The van der Waals surface area contributed by atoms with Gasteiger partial charge in [-0.1, -0.05) is 66.6 Å². The molecular weight excluding hydrogens is 446 g/mol. The fraction of sp³-hybridized carbons (Fsp3) is 0.296. The molecule has 4 aromatic rings.